The molecule has 31 heavy (non-hydrogen) atoms. The lowest BCUT2D eigenvalue weighted by Crippen LogP contribution is -2.42. The summed E-state index contributed by atoms with van der Waals surface area (Å²) >= 11 is 0. The minimum absolute atomic E-state index is 0.203. The van der Waals surface area contributed by atoms with E-state index in [1.165, 1.54) is 18.3 Å². The van der Waals surface area contributed by atoms with Crippen molar-refractivity contribution < 1.29 is 27.4 Å². The number of hydrogen-bond acceptors (Lipinski definition) is 5. The van der Waals surface area contributed by atoms with Gasteiger partial charge in [-0.05, 0) is 35.4 Å². The Hall–Kier alpha value is -3.62. The Morgan fingerprint density at radius 2 is 1.97 bits per heavy atom. The zero-order valence-electron chi connectivity index (χ0n) is 16.2. The molecular formula is C22H18F3N3O3. The molecule has 1 aromatic carbocycles. The number of amides is 1. The molecule has 1 atom stereocenters. The van der Waals surface area contributed by atoms with E-state index in [2.05, 4.69) is 20.0 Å². The first-order valence-corrected chi connectivity index (χ1v) is 9.50. The first kappa shape index (κ1) is 20.6. The Morgan fingerprint density at radius 1 is 1.16 bits per heavy atom. The Bertz CT molecular complexity index is 1060. The summed E-state index contributed by atoms with van der Waals surface area (Å²) in [5.74, 6) is 0.173. The fourth-order valence-corrected chi connectivity index (χ4v) is 3.33. The van der Waals surface area contributed by atoms with Crippen molar-refractivity contribution in [1.29, 1.82) is 0 Å². The Morgan fingerprint density at radius 3 is 2.68 bits per heavy atom. The van der Waals surface area contributed by atoms with Crippen LogP contribution >= 0.6 is 0 Å². The lowest BCUT2D eigenvalue weighted by Gasteiger charge is -2.28. The zero-order valence-corrected chi connectivity index (χ0v) is 16.2. The second kappa shape index (κ2) is 8.63. The van der Waals surface area contributed by atoms with Gasteiger partial charge in [0.05, 0.1) is 11.6 Å². The molecule has 0 aliphatic carbocycles. The molecule has 3 aromatic rings. The molecule has 0 bridgehead atoms. The molecule has 1 N–H and O–H groups in total. The summed E-state index contributed by atoms with van der Waals surface area (Å²) in [5.41, 5.74) is 3.21. The molecule has 6 nitrogen and oxygen atoms in total. The van der Waals surface area contributed by atoms with Crippen LogP contribution < -0.4 is 14.8 Å². The van der Waals surface area contributed by atoms with Crippen molar-refractivity contribution in [2.75, 3.05) is 13.2 Å². The number of nitrogens with one attached hydrogen (secondary N) is 1. The van der Waals surface area contributed by atoms with Crippen LogP contribution in [0.2, 0.25) is 0 Å². The second-order valence-electron chi connectivity index (χ2n) is 6.99. The number of carbonyl (C=O) groups is 1. The molecule has 1 amide bonds. The first-order valence-electron chi connectivity index (χ1n) is 9.50. The highest BCUT2D eigenvalue weighted by molar-refractivity contribution is 5.94. The van der Waals surface area contributed by atoms with Gasteiger partial charge in [-0.15, -0.1) is 0 Å². The van der Waals surface area contributed by atoms with Crippen molar-refractivity contribution in [3.8, 4) is 22.8 Å². The molecule has 0 saturated heterocycles. The molecule has 0 spiro atoms. The van der Waals surface area contributed by atoms with Crippen molar-refractivity contribution in [2.24, 2.45) is 0 Å². The molecule has 2 aromatic heterocycles. The number of halogens is 3. The van der Waals surface area contributed by atoms with Crippen LogP contribution in [0.3, 0.4) is 0 Å². The van der Waals surface area contributed by atoms with Gasteiger partial charge in [0, 0.05) is 36.6 Å². The van der Waals surface area contributed by atoms with Gasteiger partial charge < -0.3 is 14.8 Å². The van der Waals surface area contributed by atoms with E-state index in [1.54, 1.807) is 12.4 Å². The number of pyridine rings is 2. The number of ether oxygens (including phenoxy) is 2. The predicted molar refractivity (Wildman–Crippen MR) is 106 cm³/mol. The van der Waals surface area contributed by atoms with Crippen LogP contribution in [0.15, 0.2) is 61.1 Å². The highest BCUT2D eigenvalue weighted by Gasteiger charge is 2.29. The predicted octanol–water partition coefficient (Wildman–Crippen LogP) is 3.82. The van der Waals surface area contributed by atoms with E-state index in [4.69, 9.17) is 4.74 Å². The quantitative estimate of drug-likeness (QED) is 0.668. The SMILES string of the molecule is O=C(NC1COc2cccc(-c3ccncc3)c2C1)c1ccc(OCC(F)(F)F)nc1. The second-order valence-corrected chi connectivity index (χ2v) is 6.99. The molecule has 1 aliphatic heterocycles. The molecule has 4 rings (SSSR count). The smallest absolute Gasteiger partial charge is 0.422 e. The van der Waals surface area contributed by atoms with Gasteiger partial charge in [-0.3, -0.25) is 9.78 Å². The van der Waals surface area contributed by atoms with Crippen molar-refractivity contribution >= 4 is 5.91 Å². The summed E-state index contributed by atoms with van der Waals surface area (Å²) in [5, 5.41) is 2.89. The van der Waals surface area contributed by atoms with Crippen LogP contribution in [0.1, 0.15) is 15.9 Å². The highest BCUT2D eigenvalue weighted by atomic mass is 19.4. The average Bonchev–Trinajstić information content (AvgIpc) is 2.77. The van der Waals surface area contributed by atoms with Crippen molar-refractivity contribution in [2.45, 2.75) is 18.6 Å². The summed E-state index contributed by atoms with van der Waals surface area (Å²) < 4.78 is 47.1. The van der Waals surface area contributed by atoms with E-state index in [1.807, 2.05) is 30.3 Å². The van der Waals surface area contributed by atoms with Crippen molar-refractivity contribution in [1.82, 2.24) is 15.3 Å². The maximum absolute atomic E-state index is 12.6. The van der Waals surface area contributed by atoms with Gasteiger partial charge in [-0.2, -0.15) is 13.2 Å². The van der Waals surface area contributed by atoms with Gasteiger partial charge in [0.15, 0.2) is 6.61 Å². The van der Waals surface area contributed by atoms with Crippen LogP contribution in [-0.2, 0) is 6.42 Å². The standard InChI is InChI=1S/C22H18F3N3O3/c23-22(24,25)13-31-20-5-4-15(11-27-20)21(29)28-16-10-18-17(14-6-8-26-9-7-14)2-1-3-19(18)30-12-16/h1-9,11,16H,10,12-13H2,(H,28,29). The Kier molecular flexibility index (Phi) is 5.75. The lowest BCUT2D eigenvalue weighted by molar-refractivity contribution is -0.154. The zero-order chi connectivity index (χ0) is 21.8. The van der Waals surface area contributed by atoms with E-state index in [-0.39, 0.29) is 17.5 Å². The van der Waals surface area contributed by atoms with Crippen molar-refractivity contribution in [3.63, 3.8) is 0 Å². The summed E-state index contributed by atoms with van der Waals surface area (Å²) in [6.07, 6.45) is 0.727. The number of benzene rings is 1. The number of aromatic nitrogens is 2. The number of carbonyl (C=O) groups excluding carboxylic acids is 1. The van der Waals surface area contributed by atoms with Crippen LogP contribution in [0.5, 0.6) is 11.6 Å². The summed E-state index contributed by atoms with van der Waals surface area (Å²) in [6.45, 7) is -1.14. The minimum Gasteiger partial charge on any atom is -0.491 e. The average molecular weight is 429 g/mol. The van der Waals surface area contributed by atoms with Crippen LogP contribution in [0, 0.1) is 0 Å². The number of nitrogens with zero attached hydrogens (tertiary/aromatic N) is 2. The van der Waals surface area contributed by atoms with Gasteiger partial charge in [-0.1, -0.05) is 12.1 Å². The molecule has 160 valence electrons. The molecule has 3 heterocycles. The lowest BCUT2D eigenvalue weighted by atomic mass is 9.93. The molecule has 9 heteroatoms. The summed E-state index contributed by atoms with van der Waals surface area (Å²) in [4.78, 5) is 20.4. The third-order valence-electron chi connectivity index (χ3n) is 4.73. The summed E-state index contributed by atoms with van der Waals surface area (Å²) in [6, 6.07) is 11.9. The third-order valence-corrected chi connectivity index (χ3v) is 4.73. The summed E-state index contributed by atoms with van der Waals surface area (Å²) in [7, 11) is 0. The van der Waals surface area contributed by atoms with E-state index >= 15 is 0 Å². The van der Waals surface area contributed by atoms with Gasteiger partial charge in [-0.25, -0.2) is 4.98 Å². The van der Waals surface area contributed by atoms with Gasteiger partial charge in [0.1, 0.15) is 12.4 Å². The maximum atomic E-state index is 12.6. The maximum Gasteiger partial charge on any atom is 0.422 e. The van der Waals surface area contributed by atoms with Crippen LogP contribution in [0.4, 0.5) is 13.2 Å². The van der Waals surface area contributed by atoms with E-state index < -0.39 is 18.7 Å². The van der Waals surface area contributed by atoms with Crippen LogP contribution in [-0.4, -0.2) is 41.3 Å². The number of hydrogen-bond donors (Lipinski definition) is 1. The molecule has 0 radical (unpaired) electrons. The Balaban J connectivity index is 1.43. The first-order chi connectivity index (χ1) is 14.9. The fourth-order valence-electron chi connectivity index (χ4n) is 3.33. The Labute approximate surface area is 176 Å². The molecule has 1 aliphatic rings. The van der Waals surface area contributed by atoms with Gasteiger partial charge in [0.25, 0.3) is 5.91 Å². The number of rotatable bonds is 5. The fraction of sp³-hybridized carbons (Fsp3) is 0.227. The van der Waals surface area contributed by atoms with Gasteiger partial charge in [0.2, 0.25) is 5.88 Å². The van der Waals surface area contributed by atoms with E-state index in [9.17, 15) is 18.0 Å². The number of fused-ring (bicyclic) bond motifs is 1. The highest BCUT2D eigenvalue weighted by Crippen LogP contribution is 2.34. The largest absolute Gasteiger partial charge is 0.491 e. The molecule has 0 fully saturated rings. The number of alkyl halides is 3. The van der Waals surface area contributed by atoms with E-state index in [0.29, 0.717) is 13.0 Å². The third kappa shape index (κ3) is 5.11. The molecule has 1 unspecified atom stereocenters. The van der Waals surface area contributed by atoms with Crippen molar-refractivity contribution in [3.05, 3.63) is 72.2 Å². The van der Waals surface area contributed by atoms with Gasteiger partial charge >= 0.3 is 6.18 Å². The normalized spacial score (nSPS) is 15.5. The monoisotopic (exact) mass is 429 g/mol. The topological polar surface area (TPSA) is 73.3 Å². The minimum atomic E-state index is -4.45. The van der Waals surface area contributed by atoms with Crippen LogP contribution in [0.25, 0.3) is 11.1 Å². The molecular weight excluding hydrogens is 411 g/mol. The molecule has 0 saturated carbocycles. The van der Waals surface area contributed by atoms with E-state index in [0.717, 1.165) is 22.4 Å².